The first kappa shape index (κ1) is 13.3. The molecule has 4 heteroatoms. The Bertz CT molecular complexity index is 383. The first-order valence-electron chi connectivity index (χ1n) is 6.48. The van der Waals surface area contributed by atoms with E-state index in [1.165, 1.54) is 5.56 Å². The van der Waals surface area contributed by atoms with Crippen molar-refractivity contribution in [2.24, 2.45) is 0 Å². The summed E-state index contributed by atoms with van der Waals surface area (Å²) in [6.07, 6.45) is 0. The van der Waals surface area contributed by atoms with Crippen LogP contribution in [-0.2, 0) is 0 Å². The molecule has 2 unspecified atom stereocenters. The maximum absolute atomic E-state index is 5.46. The zero-order valence-corrected chi connectivity index (χ0v) is 11.4. The number of hydrogen-bond acceptors (Lipinski definition) is 4. The minimum atomic E-state index is 0.267. The Morgan fingerprint density at radius 3 is 2.89 bits per heavy atom. The normalized spacial score (nSPS) is 22.7. The lowest BCUT2D eigenvalue weighted by molar-refractivity contribution is 0.208. The van der Waals surface area contributed by atoms with Crippen LogP contribution in [0.5, 0.6) is 5.75 Å². The number of nitrogens with one attached hydrogen (secondary N) is 2. The van der Waals surface area contributed by atoms with Crippen LogP contribution in [0.1, 0.15) is 11.6 Å². The topological polar surface area (TPSA) is 36.5 Å². The van der Waals surface area contributed by atoms with Crippen molar-refractivity contribution in [1.82, 2.24) is 15.5 Å². The number of likely N-dealkylation sites (N-methyl/N-ethyl adjacent to an activating group) is 2. The number of rotatable bonds is 4. The number of para-hydroxylation sites is 1. The van der Waals surface area contributed by atoms with E-state index >= 15 is 0 Å². The number of ether oxygens (including phenoxy) is 1. The molecule has 4 nitrogen and oxygen atoms in total. The van der Waals surface area contributed by atoms with Crippen LogP contribution in [0.4, 0.5) is 0 Å². The number of nitrogens with zero attached hydrogens (tertiary/aromatic N) is 1. The predicted molar refractivity (Wildman–Crippen MR) is 74.1 cm³/mol. The van der Waals surface area contributed by atoms with Gasteiger partial charge in [0.05, 0.1) is 13.2 Å². The van der Waals surface area contributed by atoms with Gasteiger partial charge in [0.15, 0.2) is 0 Å². The van der Waals surface area contributed by atoms with Gasteiger partial charge < -0.3 is 20.3 Å². The zero-order valence-electron chi connectivity index (χ0n) is 11.4. The summed E-state index contributed by atoms with van der Waals surface area (Å²) in [5.41, 5.74) is 1.22. The summed E-state index contributed by atoms with van der Waals surface area (Å²) >= 11 is 0. The van der Waals surface area contributed by atoms with Crippen LogP contribution in [0.15, 0.2) is 24.3 Å². The zero-order chi connectivity index (χ0) is 13.0. The Balaban J connectivity index is 2.21. The minimum Gasteiger partial charge on any atom is -0.496 e. The van der Waals surface area contributed by atoms with Gasteiger partial charge in [0.1, 0.15) is 5.75 Å². The largest absolute Gasteiger partial charge is 0.496 e. The number of benzene rings is 1. The molecule has 0 aliphatic carbocycles. The molecule has 0 radical (unpaired) electrons. The quantitative estimate of drug-likeness (QED) is 0.830. The second-order valence-electron chi connectivity index (χ2n) is 4.83. The van der Waals surface area contributed by atoms with E-state index < -0.39 is 0 Å². The summed E-state index contributed by atoms with van der Waals surface area (Å²) in [6, 6.07) is 8.90. The molecule has 1 heterocycles. The molecule has 1 saturated heterocycles. The Kier molecular flexibility index (Phi) is 4.58. The highest BCUT2D eigenvalue weighted by molar-refractivity contribution is 5.37. The van der Waals surface area contributed by atoms with E-state index in [9.17, 15) is 0 Å². The van der Waals surface area contributed by atoms with Crippen LogP contribution >= 0.6 is 0 Å². The molecule has 0 spiro atoms. The van der Waals surface area contributed by atoms with Crippen molar-refractivity contribution in [1.29, 1.82) is 0 Å². The fourth-order valence-corrected chi connectivity index (χ4v) is 2.65. The first-order chi connectivity index (χ1) is 8.76. The molecular weight excluding hydrogens is 226 g/mol. The summed E-state index contributed by atoms with van der Waals surface area (Å²) in [7, 11) is 5.90. The number of piperazine rings is 1. The van der Waals surface area contributed by atoms with Crippen molar-refractivity contribution >= 4 is 0 Å². The summed E-state index contributed by atoms with van der Waals surface area (Å²) < 4.78 is 5.46. The van der Waals surface area contributed by atoms with Gasteiger partial charge in [0, 0.05) is 31.2 Å². The molecule has 2 rings (SSSR count). The Morgan fingerprint density at radius 1 is 1.44 bits per heavy atom. The molecule has 2 N–H and O–H groups in total. The lowest BCUT2D eigenvalue weighted by Crippen LogP contribution is -2.54. The molecule has 1 aliphatic heterocycles. The Labute approximate surface area is 109 Å². The van der Waals surface area contributed by atoms with E-state index in [-0.39, 0.29) is 6.04 Å². The molecule has 0 aromatic heterocycles. The van der Waals surface area contributed by atoms with Gasteiger partial charge in [0.25, 0.3) is 0 Å². The van der Waals surface area contributed by atoms with Crippen LogP contribution in [0.3, 0.4) is 0 Å². The van der Waals surface area contributed by atoms with Crippen LogP contribution in [-0.4, -0.2) is 51.8 Å². The maximum atomic E-state index is 5.46. The number of hydrogen-bond donors (Lipinski definition) is 2. The Hall–Kier alpha value is -1.10. The molecule has 18 heavy (non-hydrogen) atoms. The molecule has 0 saturated carbocycles. The van der Waals surface area contributed by atoms with E-state index in [2.05, 4.69) is 34.7 Å². The second kappa shape index (κ2) is 6.18. The summed E-state index contributed by atoms with van der Waals surface area (Å²) in [5, 5.41) is 7.00. The highest BCUT2D eigenvalue weighted by Crippen LogP contribution is 2.27. The highest BCUT2D eigenvalue weighted by Gasteiger charge is 2.27. The monoisotopic (exact) mass is 249 g/mol. The van der Waals surface area contributed by atoms with Crippen molar-refractivity contribution in [3.63, 3.8) is 0 Å². The molecule has 100 valence electrons. The first-order valence-corrected chi connectivity index (χ1v) is 6.48. The van der Waals surface area contributed by atoms with E-state index in [1.807, 2.05) is 19.2 Å². The second-order valence-corrected chi connectivity index (χ2v) is 4.83. The van der Waals surface area contributed by atoms with Crippen molar-refractivity contribution in [2.45, 2.75) is 12.1 Å². The fourth-order valence-electron chi connectivity index (χ4n) is 2.65. The van der Waals surface area contributed by atoms with E-state index in [1.54, 1.807) is 7.11 Å². The molecule has 0 bridgehead atoms. The van der Waals surface area contributed by atoms with E-state index in [0.717, 1.165) is 25.4 Å². The van der Waals surface area contributed by atoms with Crippen LogP contribution in [0, 0.1) is 0 Å². The van der Waals surface area contributed by atoms with Crippen LogP contribution in [0.25, 0.3) is 0 Å². The molecule has 1 aromatic rings. The summed E-state index contributed by atoms with van der Waals surface area (Å²) in [5.74, 6) is 0.951. The average Bonchev–Trinajstić information content (AvgIpc) is 2.40. The molecule has 1 aliphatic rings. The third-order valence-corrected chi connectivity index (χ3v) is 3.60. The maximum Gasteiger partial charge on any atom is 0.123 e. The molecular formula is C14H23N3O. The van der Waals surface area contributed by atoms with Gasteiger partial charge in [-0.1, -0.05) is 18.2 Å². The predicted octanol–water partition coefficient (Wildman–Crippen LogP) is 0.859. The van der Waals surface area contributed by atoms with Gasteiger partial charge in [-0.25, -0.2) is 0 Å². The van der Waals surface area contributed by atoms with Gasteiger partial charge in [-0.15, -0.1) is 0 Å². The van der Waals surface area contributed by atoms with Crippen molar-refractivity contribution < 1.29 is 4.74 Å². The van der Waals surface area contributed by atoms with Crippen LogP contribution < -0.4 is 15.4 Å². The van der Waals surface area contributed by atoms with Gasteiger partial charge in [-0.3, -0.25) is 0 Å². The van der Waals surface area contributed by atoms with Crippen molar-refractivity contribution in [3.05, 3.63) is 29.8 Å². The van der Waals surface area contributed by atoms with Gasteiger partial charge in [0.2, 0.25) is 0 Å². The summed E-state index contributed by atoms with van der Waals surface area (Å²) in [4.78, 5) is 2.36. The van der Waals surface area contributed by atoms with Crippen molar-refractivity contribution in [2.75, 3.05) is 40.8 Å². The third kappa shape index (κ3) is 2.83. The highest BCUT2D eigenvalue weighted by atomic mass is 16.5. The van der Waals surface area contributed by atoms with E-state index in [4.69, 9.17) is 4.74 Å². The van der Waals surface area contributed by atoms with Gasteiger partial charge in [-0.2, -0.15) is 0 Å². The average molecular weight is 249 g/mol. The van der Waals surface area contributed by atoms with Gasteiger partial charge >= 0.3 is 0 Å². The van der Waals surface area contributed by atoms with Crippen LogP contribution in [0.2, 0.25) is 0 Å². The van der Waals surface area contributed by atoms with Crippen molar-refractivity contribution in [3.8, 4) is 5.75 Å². The van der Waals surface area contributed by atoms with E-state index in [0.29, 0.717) is 6.04 Å². The molecule has 2 atom stereocenters. The minimum absolute atomic E-state index is 0.267. The van der Waals surface area contributed by atoms with Gasteiger partial charge in [-0.05, 0) is 20.2 Å². The molecule has 1 fully saturated rings. The fraction of sp³-hybridized carbons (Fsp3) is 0.571. The smallest absolute Gasteiger partial charge is 0.123 e. The summed E-state index contributed by atoms with van der Waals surface area (Å²) in [6.45, 7) is 3.19. The SMILES string of the molecule is CNC(c1ccccc1OC)C1CN(C)CCN1. The lowest BCUT2D eigenvalue weighted by atomic mass is 9.97. The molecule has 1 aromatic carbocycles. The Morgan fingerprint density at radius 2 is 2.22 bits per heavy atom. The number of methoxy groups -OCH3 is 1. The standard InChI is InChI=1S/C14H23N3O/c1-15-14(12-10-17(2)9-8-16-12)11-6-4-5-7-13(11)18-3/h4-7,12,14-16H,8-10H2,1-3H3. The molecule has 0 amide bonds. The lowest BCUT2D eigenvalue weighted by Gasteiger charge is -2.36. The third-order valence-electron chi connectivity index (χ3n) is 3.60.